The molecule has 0 aliphatic rings. The number of aromatic nitrogens is 1. The fourth-order valence-corrected chi connectivity index (χ4v) is 2.68. The topological polar surface area (TPSA) is 33.0 Å². The maximum absolute atomic E-state index is 12.0. The fourth-order valence-electron chi connectivity index (χ4n) is 2.46. The average Bonchev–Trinajstić information content (AvgIpc) is 2.47. The van der Waals surface area contributed by atoms with Crippen LogP contribution in [0.4, 0.5) is 5.69 Å². The van der Waals surface area contributed by atoms with Crippen LogP contribution in [0, 0.1) is 0 Å². The first kappa shape index (κ1) is 15.8. The van der Waals surface area contributed by atoms with Gasteiger partial charge in [0.05, 0.1) is 0 Å². The minimum Gasteiger partial charge on any atom is -0.321 e. The minimum atomic E-state index is 0.0937. The molecule has 0 spiro atoms. The zero-order valence-electron chi connectivity index (χ0n) is 12.5. The number of hydrogen-bond acceptors (Lipinski definition) is 2. The van der Waals surface area contributed by atoms with Gasteiger partial charge in [0.15, 0.2) is 6.20 Å². The molecule has 0 aliphatic carbocycles. The van der Waals surface area contributed by atoms with E-state index in [2.05, 4.69) is 30.1 Å². The van der Waals surface area contributed by atoms with Crippen LogP contribution in [0.25, 0.3) is 10.9 Å². The number of benzene rings is 1. The molecule has 0 unspecified atom stereocenters. The van der Waals surface area contributed by atoms with Crippen LogP contribution < -0.4 is 9.88 Å². The Morgan fingerprint density at radius 1 is 1.19 bits per heavy atom. The number of nitrogens with one attached hydrogen (secondary N) is 1. The number of anilines is 1. The van der Waals surface area contributed by atoms with E-state index >= 15 is 0 Å². The van der Waals surface area contributed by atoms with Crippen molar-refractivity contribution in [2.45, 2.75) is 32.1 Å². The Bertz CT molecular complexity index is 613. The van der Waals surface area contributed by atoms with Gasteiger partial charge in [0, 0.05) is 17.9 Å². The summed E-state index contributed by atoms with van der Waals surface area (Å²) in [6.07, 6.45) is 6.87. The molecular weight excluding hydrogens is 280 g/mol. The largest absolute Gasteiger partial charge is 0.321 e. The lowest BCUT2D eigenvalue weighted by Gasteiger charge is -2.05. The van der Waals surface area contributed by atoms with Gasteiger partial charge in [-0.1, -0.05) is 25.0 Å². The predicted molar refractivity (Wildman–Crippen MR) is 90.7 cm³/mol. The van der Waals surface area contributed by atoms with Crippen molar-refractivity contribution in [2.75, 3.05) is 11.1 Å². The van der Waals surface area contributed by atoms with Crippen molar-refractivity contribution < 1.29 is 9.36 Å². The van der Waals surface area contributed by atoms with Gasteiger partial charge in [-0.05, 0) is 30.7 Å². The van der Waals surface area contributed by atoms with E-state index in [1.807, 2.05) is 36.0 Å². The summed E-state index contributed by atoms with van der Waals surface area (Å²) in [5.41, 5.74) is 2.01. The number of para-hydroxylation sites is 1. The molecule has 0 saturated carbocycles. The molecule has 0 aliphatic heterocycles. The first-order valence-corrected chi connectivity index (χ1v) is 8.13. The Kier molecular flexibility index (Phi) is 6.05. The highest BCUT2D eigenvalue weighted by atomic mass is 32.1. The third-order valence-corrected chi connectivity index (χ3v) is 3.87. The molecular formula is C17H23N2OS+. The van der Waals surface area contributed by atoms with Gasteiger partial charge >= 0.3 is 0 Å². The Hall–Kier alpha value is -1.55. The standard InChI is InChI=1S/C17H22N2OS/c1-19-13-15(12-14-8-5-6-9-16(14)19)18-17(20)10-4-2-3-7-11-21/h5-6,8-9,12-13H,2-4,7,10-11H2,1H3,(H-,18,20,21)/p+1. The van der Waals surface area contributed by atoms with Crippen molar-refractivity contribution in [3.05, 3.63) is 36.5 Å². The van der Waals surface area contributed by atoms with E-state index in [9.17, 15) is 4.79 Å². The summed E-state index contributed by atoms with van der Waals surface area (Å²) in [4.78, 5) is 12.0. The molecule has 1 amide bonds. The highest BCUT2D eigenvalue weighted by molar-refractivity contribution is 7.80. The molecule has 0 bridgehead atoms. The van der Waals surface area contributed by atoms with Crippen LogP contribution in [0.3, 0.4) is 0 Å². The van der Waals surface area contributed by atoms with E-state index in [0.717, 1.165) is 48.0 Å². The number of carbonyl (C=O) groups is 1. The van der Waals surface area contributed by atoms with Gasteiger partial charge in [0.25, 0.3) is 0 Å². The number of hydrogen-bond donors (Lipinski definition) is 2. The van der Waals surface area contributed by atoms with Gasteiger partial charge in [0.1, 0.15) is 12.7 Å². The lowest BCUT2D eigenvalue weighted by Crippen LogP contribution is -2.29. The number of thiol groups is 1. The van der Waals surface area contributed by atoms with Gasteiger partial charge < -0.3 is 5.32 Å². The highest BCUT2D eigenvalue weighted by Crippen LogP contribution is 2.15. The number of amides is 1. The monoisotopic (exact) mass is 303 g/mol. The van der Waals surface area contributed by atoms with E-state index in [4.69, 9.17) is 0 Å². The lowest BCUT2D eigenvalue weighted by molar-refractivity contribution is -0.644. The molecule has 1 aromatic carbocycles. The molecule has 2 aromatic rings. The van der Waals surface area contributed by atoms with Crippen LogP contribution in [0.2, 0.25) is 0 Å². The number of rotatable bonds is 7. The number of carbonyl (C=O) groups excluding carboxylic acids is 1. The average molecular weight is 303 g/mol. The third kappa shape index (κ3) is 4.74. The summed E-state index contributed by atoms with van der Waals surface area (Å²) in [6.45, 7) is 0. The van der Waals surface area contributed by atoms with Crippen LogP contribution >= 0.6 is 12.6 Å². The van der Waals surface area contributed by atoms with Crippen LogP contribution in [0.5, 0.6) is 0 Å². The summed E-state index contributed by atoms with van der Waals surface area (Å²) >= 11 is 4.19. The smallest absolute Gasteiger partial charge is 0.224 e. The first-order chi connectivity index (χ1) is 10.2. The maximum atomic E-state index is 12.0. The molecule has 0 atom stereocenters. The van der Waals surface area contributed by atoms with E-state index in [1.165, 1.54) is 0 Å². The molecule has 0 fully saturated rings. The number of unbranched alkanes of at least 4 members (excludes halogenated alkanes) is 3. The van der Waals surface area contributed by atoms with Crippen molar-refractivity contribution in [3.8, 4) is 0 Å². The Morgan fingerprint density at radius 2 is 1.95 bits per heavy atom. The van der Waals surface area contributed by atoms with Crippen molar-refractivity contribution in [1.29, 1.82) is 0 Å². The summed E-state index contributed by atoms with van der Waals surface area (Å²) in [5.74, 6) is 1.02. The molecule has 21 heavy (non-hydrogen) atoms. The molecule has 0 saturated heterocycles. The summed E-state index contributed by atoms with van der Waals surface area (Å²) in [5, 5.41) is 4.12. The Balaban J connectivity index is 1.92. The lowest BCUT2D eigenvalue weighted by atomic mass is 10.1. The summed E-state index contributed by atoms with van der Waals surface area (Å²) < 4.78 is 2.04. The zero-order chi connectivity index (χ0) is 15.1. The summed E-state index contributed by atoms with van der Waals surface area (Å²) in [7, 11) is 2.00. The molecule has 0 radical (unpaired) electrons. The van der Waals surface area contributed by atoms with Crippen LogP contribution in [0.15, 0.2) is 36.5 Å². The summed E-state index contributed by atoms with van der Waals surface area (Å²) in [6, 6.07) is 10.2. The van der Waals surface area contributed by atoms with Crippen molar-refractivity contribution in [2.24, 2.45) is 7.05 Å². The van der Waals surface area contributed by atoms with Gasteiger partial charge in [-0.2, -0.15) is 17.2 Å². The second-order valence-corrected chi connectivity index (χ2v) is 5.78. The molecule has 112 valence electrons. The quantitative estimate of drug-likeness (QED) is 0.458. The van der Waals surface area contributed by atoms with E-state index in [0.29, 0.717) is 6.42 Å². The minimum absolute atomic E-state index is 0.0937. The molecule has 4 heteroatoms. The van der Waals surface area contributed by atoms with Gasteiger partial charge in [-0.15, -0.1) is 0 Å². The van der Waals surface area contributed by atoms with Crippen LogP contribution in [-0.4, -0.2) is 11.7 Å². The SMILES string of the molecule is C[n+]1cc(NC(=O)CCCCCCS)cc2ccccc21. The maximum Gasteiger partial charge on any atom is 0.224 e. The number of aryl methyl sites for hydroxylation is 1. The third-order valence-electron chi connectivity index (χ3n) is 3.56. The first-order valence-electron chi connectivity index (χ1n) is 7.50. The molecule has 1 aromatic heterocycles. The molecule has 3 nitrogen and oxygen atoms in total. The number of nitrogens with zero attached hydrogens (tertiary/aromatic N) is 1. The van der Waals surface area contributed by atoms with Crippen molar-refractivity contribution in [1.82, 2.24) is 0 Å². The van der Waals surface area contributed by atoms with E-state index in [-0.39, 0.29) is 5.91 Å². The normalized spacial score (nSPS) is 10.8. The van der Waals surface area contributed by atoms with E-state index < -0.39 is 0 Å². The number of pyridine rings is 1. The zero-order valence-corrected chi connectivity index (χ0v) is 13.4. The fraction of sp³-hybridized carbons (Fsp3) is 0.412. The van der Waals surface area contributed by atoms with Crippen LogP contribution in [0.1, 0.15) is 32.1 Å². The Morgan fingerprint density at radius 3 is 2.76 bits per heavy atom. The molecule has 1 heterocycles. The second kappa shape index (κ2) is 8.03. The van der Waals surface area contributed by atoms with Gasteiger partial charge in [-0.25, -0.2) is 0 Å². The van der Waals surface area contributed by atoms with E-state index in [1.54, 1.807) is 0 Å². The van der Waals surface area contributed by atoms with Crippen LogP contribution in [-0.2, 0) is 11.8 Å². The van der Waals surface area contributed by atoms with Crippen molar-refractivity contribution >= 4 is 35.1 Å². The predicted octanol–water partition coefficient (Wildman–Crippen LogP) is 3.48. The second-order valence-electron chi connectivity index (χ2n) is 5.33. The number of fused-ring (bicyclic) bond motifs is 1. The van der Waals surface area contributed by atoms with Crippen molar-refractivity contribution in [3.63, 3.8) is 0 Å². The molecule has 1 N–H and O–H groups in total. The molecule has 2 rings (SSSR count). The van der Waals surface area contributed by atoms with Gasteiger partial charge in [0.2, 0.25) is 11.4 Å². The Labute approximate surface area is 131 Å². The van der Waals surface area contributed by atoms with Gasteiger partial charge in [-0.3, -0.25) is 4.79 Å². The highest BCUT2D eigenvalue weighted by Gasteiger charge is 2.09.